The van der Waals surface area contributed by atoms with Crippen molar-refractivity contribution in [2.75, 3.05) is 7.11 Å². The van der Waals surface area contributed by atoms with Crippen LogP contribution in [0.4, 0.5) is 0 Å². The van der Waals surface area contributed by atoms with E-state index in [1.807, 2.05) is 6.21 Å². The van der Waals surface area contributed by atoms with Crippen LogP contribution in [0.1, 0.15) is 27.8 Å². The molecule has 0 heterocycles. The van der Waals surface area contributed by atoms with E-state index < -0.39 is 0 Å². The van der Waals surface area contributed by atoms with Crippen molar-refractivity contribution in [1.29, 1.82) is 0 Å². The molecule has 0 saturated carbocycles. The average Bonchev–Trinajstić information content (AvgIpc) is 2.48. The summed E-state index contributed by atoms with van der Waals surface area (Å²) in [6.07, 6.45) is 6.07. The molecule has 2 aromatic carbocycles. The van der Waals surface area contributed by atoms with E-state index in [0.29, 0.717) is 0 Å². The van der Waals surface area contributed by atoms with Gasteiger partial charge in [-0.05, 0) is 59.6 Å². The normalized spacial score (nSPS) is 14.2. The molecule has 0 radical (unpaired) electrons. The van der Waals surface area contributed by atoms with Gasteiger partial charge in [0.05, 0.1) is 6.21 Å². The van der Waals surface area contributed by atoms with E-state index in [9.17, 15) is 0 Å². The van der Waals surface area contributed by atoms with Crippen LogP contribution in [0.3, 0.4) is 0 Å². The van der Waals surface area contributed by atoms with Gasteiger partial charge in [0.25, 0.3) is 0 Å². The molecule has 20 heavy (non-hydrogen) atoms. The largest absolute Gasteiger partial charge is 0.399 e. The first-order valence-electron chi connectivity index (χ1n) is 7.11. The predicted molar refractivity (Wildman–Crippen MR) is 82.3 cm³/mol. The fourth-order valence-electron chi connectivity index (χ4n) is 2.70. The number of hydrogen-bond acceptors (Lipinski definition) is 2. The fraction of sp³-hybridized carbons (Fsp3) is 0.278. The van der Waals surface area contributed by atoms with Crippen LogP contribution in [-0.4, -0.2) is 13.3 Å². The van der Waals surface area contributed by atoms with Gasteiger partial charge in [0.1, 0.15) is 7.11 Å². The lowest BCUT2D eigenvalue weighted by molar-refractivity contribution is 0.215. The van der Waals surface area contributed by atoms with Crippen LogP contribution in [-0.2, 0) is 30.5 Å². The minimum absolute atomic E-state index is 1.03. The van der Waals surface area contributed by atoms with E-state index in [0.717, 1.165) is 25.7 Å². The Morgan fingerprint density at radius 3 is 2.15 bits per heavy atom. The molecular formula is C18H19NO. The van der Waals surface area contributed by atoms with Crippen molar-refractivity contribution in [3.05, 3.63) is 70.3 Å². The van der Waals surface area contributed by atoms with Crippen LogP contribution in [0.25, 0.3) is 0 Å². The second-order valence-electron chi connectivity index (χ2n) is 5.27. The van der Waals surface area contributed by atoms with Gasteiger partial charge in [-0.15, -0.1) is 0 Å². The van der Waals surface area contributed by atoms with Crippen molar-refractivity contribution in [2.45, 2.75) is 25.7 Å². The highest BCUT2D eigenvalue weighted by Crippen LogP contribution is 2.18. The molecule has 0 unspecified atom stereocenters. The molecule has 6 rings (SSSR count). The Morgan fingerprint density at radius 2 is 1.45 bits per heavy atom. The smallest absolute Gasteiger partial charge is 0.106 e. The van der Waals surface area contributed by atoms with Crippen molar-refractivity contribution in [1.82, 2.24) is 0 Å². The van der Waals surface area contributed by atoms with E-state index in [4.69, 9.17) is 4.84 Å². The lowest BCUT2D eigenvalue weighted by atomic mass is 9.94. The Bertz CT molecular complexity index is 614. The number of aryl methyl sites for hydroxylation is 4. The van der Waals surface area contributed by atoms with Crippen LogP contribution in [0.5, 0.6) is 0 Å². The highest BCUT2D eigenvalue weighted by atomic mass is 16.6. The van der Waals surface area contributed by atoms with Crippen LogP contribution in [0, 0.1) is 0 Å². The van der Waals surface area contributed by atoms with Crippen LogP contribution in [0.15, 0.2) is 47.6 Å². The maximum absolute atomic E-state index is 4.82. The third kappa shape index (κ3) is 2.90. The number of nitrogens with zero attached hydrogens (tertiary/aromatic N) is 1. The molecule has 4 aliphatic carbocycles. The Hall–Kier alpha value is -2.09. The molecule has 0 spiro atoms. The third-order valence-electron chi connectivity index (χ3n) is 3.92. The molecule has 2 nitrogen and oxygen atoms in total. The van der Waals surface area contributed by atoms with Gasteiger partial charge in [-0.2, -0.15) is 0 Å². The number of rotatable bonds is 2. The lowest BCUT2D eigenvalue weighted by Gasteiger charge is -2.12. The third-order valence-corrected chi connectivity index (χ3v) is 3.92. The summed E-state index contributed by atoms with van der Waals surface area (Å²) in [5.74, 6) is 0. The zero-order valence-electron chi connectivity index (χ0n) is 11.8. The van der Waals surface area contributed by atoms with Crippen molar-refractivity contribution >= 4 is 6.21 Å². The van der Waals surface area contributed by atoms with Gasteiger partial charge in [0, 0.05) is 0 Å². The Balaban J connectivity index is 1.97. The molecule has 102 valence electrons. The summed E-state index contributed by atoms with van der Waals surface area (Å²) in [6.45, 7) is 0. The van der Waals surface area contributed by atoms with E-state index in [-0.39, 0.29) is 0 Å². The number of benzene rings is 2. The van der Waals surface area contributed by atoms with Crippen LogP contribution < -0.4 is 0 Å². The SMILES string of the molecule is CO/N=C\c1cc2ccc1CCc1ccc(cc1)CC2. The second-order valence-corrected chi connectivity index (χ2v) is 5.27. The molecule has 0 fully saturated rings. The second kappa shape index (κ2) is 5.91. The van der Waals surface area contributed by atoms with E-state index in [1.54, 1.807) is 7.11 Å². The fourth-order valence-corrected chi connectivity index (χ4v) is 2.70. The molecule has 0 aliphatic heterocycles. The summed E-state index contributed by atoms with van der Waals surface area (Å²) in [5.41, 5.74) is 6.67. The topological polar surface area (TPSA) is 21.6 Å². The Morgan fingerprint density at radius 1 is 0.850 bits per heavy atom. The molecule has 4 bridgehead atoms. The summed E-state index contributed by atoms with van der Waals surface area (Å²) < 4.78 is 0. The Kier molecular flexibility index (Phi) is 3.82. The van der Waals surface area contributed by atoms with Crippen molar-refractivity contribution in [2.24, 2.45) is 5.16 Å². The molecular weight excluding hydrogens is 246 g/mol. The van der Waals surface area contributed by atoms with Gasteiger partial charge >= 0.3 is 0 Å². The molecule has 0 saturated heterocycles. The summed E-state index contributed by atoms with van der Waals surface area (Å²) in [6, 6.07) is 15.8. The lowest BCUT2D eigenvalue weighted by Crippen LogP contribution is -2.02. The highest BCUT2D eigenvalue weighted by Gasteiger charge is 2.06. The van der Waals surface area contributed by atoms with Gasteiger partial charge in [-0.25, -0.2) is 0 Å². The molecule has 4 aliphatic rings. The van der Waals surface area contributed by atoms with Crippen LogP contribution >= 0.6 is 0 Å². The van der Waals surface area contributed by atoms with Crippen LogP contribution in [0.2, 0.25) is 0 Å². The standard InChI is InChI=1S/C18H19NO/c1-20-19-13-18-12-16-7-6-14-2-4-15(5-3-14)8-10-17(18)11-9-16/h2-5,9,11-13H,6-8,10H2,1H3/b19-13-. The van der Waals surface area contributed by atoms with Gasteiger partial charge < -0.3 is 4.84 Å². The average molecular weight is 265 g/mol. The molecule has 0 N–H and O–H groups in total. The summed E-state index contributed by atoms with van der Waals surface area (Å²) in [4.78, 5) is 4.82. The number of oxime groups is 1. The minimum Gasteiger partial charge on any atom is -0.399 e. The molecule has 0 amide bonds. The zero-order chi connectivity index (χ0) is 13.8. The predicted octanol–water partition coefficient (Wildman–Crippen LogP) is 3.55. The summed E-state index contributed by atoms with van der Waals surface area (Å²) in [7, 11) is 1.58. The number of hydrogen-bond donors (Lipinski definition) is 0. The van der Waals surface area contributed by atoms with Gasteiger partial charge in [-0.3, -0.25) is 0 Å². The van der Waals surface area contributed by atoms with Gasteiger partial charge in [0.2, 0.25) is 0 Å². The monoisotopic (exact) mass is 265 g/mol. The van der Waals surface area contributed by atoms with Gasteiger partial charge in [0.15, 0.2) is 0 Å². The molecule has 2 heteroatoms. The van der Waals surface area contributed by atoms with Crippen molar-refractivity contribution < 1.29 is 4.84 Å². The first kappa shape index (κ1) is 12.9. The minimum atomic E-state index is 1.03. The summed E-state index contributed by atoms with van der Waals surface area (Å²) in [5, 5.41) is 3.93. The maximum atomic E-state index is 4.82. The molecule has 0 atom stereocenters. The van der Waals surface area contributed by atoms with E-state index in [2.05, 4.69) is 47.6 Å². The van der Waals surface area contributed by atoms with E-state index in [1.165, 1.54) is 27.8 Å². The first-order chi connectivity index (χ1) is 9.85. The molecule has 0 aromatic heterocycles. The highest BCUT2D eigenvalue weighted by molar-refractivity contribution is 5.81. The van der Waals surface area contributed by atoms with E-state index >= 15 is 0 Å². The van der Waals surface area contributed by atoms with Crippen molar-refractivity contribution in [3.8, 4) is 0 Å². The quantitative estimate of drug-likeness (QED) is 0.601. The maximum Gasteiger partial charge on any atom is 0.106 e. The van der Waals surface area contributed by atoms with Gasteiger partial charge in [-0.1, -0.05) is 41.6 Å². The Labute approximate surface area is 120 Å². The summed E-state index contributed by atoms with van der Waals surface area (Å²) >= 11 is 0. The zero-order valence-corrected chi connectivity index (χ0v) is 11.8. The molecule has 2 aromatic rings. The van der Waals surface area contributed by atoms with Crippen molar-refractivity contribution in [3.63, 3.8) is 0 Å². The first-order valence-corrected chi connectivity index (χ1v) is 7.11.